The van der Waals surface area contributed by atoms with Crippen molar-refractivity contribution in [1.29, 1.82) is 5.26 Å². The fourth-order valence-corrected chi connectivity index (χ4v) is 5.83. The molecule has 3 unspecified atom stereocenters. The molecule has 0 bridgehead atoms. The van der Waals surface area contributed by atoms with Crippen molar-refractivity contribution in [1.82, 2.24) is 19.6 Å². The number of methoxy groups -OCH3 is 1. The van der Waals surface area contributed by atoms with Gasteiger partial charge in [-0.05, 0) is 37.5 Å². The number of hydrogen-bond acceptors (Lipinski definition) is 11. The molecule has 0 saturated heterocycles. The summed E-state index contributed by atoms with van der Waals surface area (Å²) < 4.78 is 30.5. The molecule has 0 radical (unpaired) electrons. The van der Waals surface area contributed by atoms with Gasteiger partial charge in [0.25, 0.3) is 0 Å². The first kappa shape index (κ1) is 38.5. The summed E-state index contributed by atoms with van der Waals surface area (Å²) in [5.41, 5.74) is 8.10. The van der Waals surface area contributed by atoms with E-state index in [9.17, 15) is 4.89 Å². The molecule has 13 heteroatoms. The molecular weight excluding hydrogens is 619 g/mol. The van der Waals surface area contributed by atoms with Crippen molar-refractivity contribution in [2.75, 3.05) is 39.3 Å². The fraction of sp³-hybridized carbons (Fsp3) is 0.647. The number of fused-ring (bicyclic) bond motifs is 1. The van der Waals surface area contributed by atoms with Gasteiger partial charge in [-0.15, -0.1) is 0 Å². The van der Waals surface area contributed by atoms with E-state index in [0.29, 0.717) is 36.7 Å². The Morgan fingerprint density at radius 3 is 2.21 bits per heavy atom. The second-order valence-corrected chi connectivity index (χ2v) is 12.7. The van der Waals surface area contributed by atoms with Crippen LogP contribution in [-0.4, -0.2) is 70.2 Å². The number of ether oxygens (including phenoxy) is 3. The van der Waals surface area contributed by atoms with Crippen molar-refractivity contribution >= 4 is 19.9 Å². The third-order valence-corrected chi connectivity index (χ3v) is 8.70. The number of nitrogens with zero attached hydrogens (tertiary/aromatic N) is 5. The zero-order chi connectivity index (χ0) is 33.5. The Morgan fingerprint density at radius 2 is 1.57 bits per heavy atom. The van der Waals surface area contributed by atoms with Crippen molar-refractivity contribution < 1.29 is 28.2 Å². The minimum absolute atomic E-state index is 0.0389. The lowest BCUT2D eigenvalue weighted by atomic mass is 10.1. The van der Waals surface area contributed by atoms with E-state index in [1.165, 1.54) is 76.7 Å². The Labute approximate surface area is 280 Å². The van der Waals surface area contributed by atoms with Crippen LogP contribution < -0.4 is 10.5 Å². The zero-order valence-corrected chi connectivity index (χ0v) is 29.0. The van der Waals surface area contributed by atoms with E-state index in [2.05, 4.69) is 22.0 Å². The quantitative estimate of drug-likeness (QED) is 0.0638. The summed E-state index contributed by atoms with van der Waals surface area (Å²) in [6.45, 7) is 3.33. The van der Waals surface area contributed by atoms with Crippen LogP contribution >= 0.6 is 8.60 Å². The summed E-state index contributed by atoms with van der Waals surface area (Å²) in [7, 11) is -0.577. The van der Waals surface area contributed by atoms with Gasteiger partial charge in [-0.3, -0.25) is 0 Å². The first-order valence-electron chi connectivity index (χ1n) is 17.0. The molecule has 0 aliphatic heterocycles. The summed E-state index contributed by atoms with van der Waals surface area (Å²) in [5, 5.41) is 13.3. The van der Waals surface area contributed by atoms with E-state index < -0.39 is 14.7 Å². The van der Waals surface area contributed by atoms with Gasteiger partial charge in [-0.25, -0.2) is 14.5 Å². The molecule has 3 N–H and O–H groups in total. The first-order chi connectivity index (χ1) is 23.0. The van der Waals surface area contributed by atoms with Gasteiger partial charge in [0.05, 0.1) is 31.5 Å². The van der Waals surface area contributed by atoms with E-state index in [1.807, 2.05) is 18.2 Å². The van der Waals surface area contributed by atoms with E-state index in [-0.39, 0.29) is 25.9 Å². The maximum absolute atomic E-state index is 10.5. The standard InChI is InChI=1S/C34H53N6O6P/c1-3-4-5-6-7-8-9-10-11-12-13-14-21-43-24-31(46-33-20-15-28(22-35)23-37-33)26-45-47(41)44-25-30(42-2)18-16-29-17-19-32-34(36)38-27-39-40(29)32/h15,17,19-20,23,27,30-31,41H,3-14,16,18,21,24-26H2,1-2H3,(H2,36,38,39). The molecule has 0 saturated carbocycles. The van der Waals surface area contributed by atoms with Crippen molar-refractivity contribution in [2.24, 2.45) is 0 Å². The van der Waals surface area contributed by atoms with Crippen molar-refractivity contribution in [3.8, 4) is 11.9 Å². The number of aryl methyl sites for hydroxylation is 1. The Bertz CT molecular complexity index is 1290. The fourth-order valence-electron chi connectivity index (χ4n) is 5.17. The third-order valence-electron chi connectivity index (χ3n) is 7.96. The summed E-state index contributed by atoms with van der Waals surface area (Å²) in [4.78, 5) is 18.7. The highest BCUT2D eigenvalue weighted by Gasteiger charge is 2.19. The Balaban J connectivity index is 1.34. The molecule has 3 aromatic rings. The number of anilines is 1. The molecular formula is C34H53N6O6P. The summed E-state index contributed by atoms with van der Waals surface area (Å²) >= 11 is 0. The van der Waals surface area contributed by atoms with Gasteiger partial charge < -0.3 is 33.9 Å². The van der Waals surface area contributed by atoms with E-state index in [1.54, 1.807) is 23.8 Å². The molecule has 0 fully saturated rings. The van der Waals surface area contributed by atoms with Crippen LogP contribution in [0.5, 0.6) is 5.88 Å². The normalized spacial score (nSPS) is 13.4. The number of nitrogen functional groups attached to an aromatic ring is 1. The van der Waals surface area contributed by atoms with Gasteiger partial charge in [0, 0.05) is 31.7 Å². The highest BCUT2D eigenvalue weighted by atomic mass is 31.2. The SMILES string of the molecule is CCCCCCCCCCCCCCOCC(COP(O)OCC(CCc1ccc2c(N)ncnn12)OC)Oc1ccc(C#N)cn1. The van der Waals surface area contributed by atoms with Crippen LogP contribution in [0.25, 0.3) is 5.52 Å². The Morgan fingerprint density at radius 1 is 0.894 bits per heavy atom. The van der Waals surface area contributed by atoms with Crippen LogP contribution in [0, 0.1) is 11.3 Å². The van der Waals surface area contributed by atoms with Crippen LogP contribution in [0.15, 0.2) is 36.8 Å². The summed E-state index contributed by atoms with van der Waals surface area (Å²) in [6.07, 6.45) is 18.8. The molecule has 0 aliphatic carbocycles. The van der Waals surface area contributed by atoms with E-state index in [0.717, 1.165) is 24.1 Å². The smallest absolute Gasteiger partial charge is 0.330 e. The molecule has 47 heavy (non-hydrogen) atoms. The second-order valence-electron chi connectivity index (χ2n) is 11.7. The van der Waals surface area contributed by atoms with Crippen LogP contribution in [0.4, 0.5) is 5.82 Å². The van der Waals surface area contributed by atoms with Crippen molar-refractivity contribution in [3.63, 3.8) is 0 Å². The first-order valence-corrected chi connectivity index (χ1v) is 18.1. The van der Waals surface area contributed by atoms with Gasteiger partial charge in [0.15, 0.2) is 5.82 Å². The number of nitriles is 1. The molecule has 0 amide bonds. The summed E-state index contributed by atoms with van der Waals surface area (Å²) in [5.74, 6) is 0.770. The van der Waals surface area contributed by atoms with Crippen LogP contribution in [0.1, 0.15) is 102 Å². The lowest BCUT2D eigenvalue weighted by Gasteiger charge is -2.21. The maximum Gasteiger partial charge on any atom is 0.330 e. The lowest BCUT2D eigenvalue weighted by molar-refractivity contribution is 0.0119. The zero-order valence-electron chi connectivity index (χ0n) is 28.1. The van der Waals surface area contributed by atoms with Gasteiger partial charge >= 0.3 is 8.60 Å². The van der Waals surface area contributed by atoms with Crippen molar-refractivity contribution in [3.05, 3.63) is 48.0 Å². The van der Waals surface area contributed by atoms with Gasteiger partial charge in [0.2, 0.25) is 5.88 Å². The van der Waals surface area contributed by atoms with Crippen molar-refractivity contribution in [2.45, 2.75) is 109 Å². The molecule has 3 aromatic heterocycles. The number of unbranched alkanes of at least 4 members (excludes halogenated alkanes) is 11. The molecule has 0 aromatic carbocycles. The van der Waals surface area contributed by atoms with Crippen LogP contribution in [0.3, 0.4) is 0 Å². The minimum Gasteiger partial charge on any atom is -0.469 e. The largest absolute Gasteiger partial charge is 0.469 e. The third kappa shape index (κ3) is 15.2. The number of nitrogens with two attached hydrogens (primary N) is 1. The molecule has 0 spiro atoms. The van der Waals surface area contributed by atoms with E-state index >= 15 is 0 Å². The molecule has 3 rings (SSSR count). The van der Waals surface area contributed by atoms with Gasteiger partial charge in [-0.1, -0.05) is 77.6 Å². The Hall–Kier alpha value is -2.91. The highest BCUT2D eigenvalue weighted by molar-refractivity contribution is 7.40. The minimum atomic E-state index is -2.18. The maximum atomic E-state index is 10.5. The molecule has 3 heterocycles. The second kappa shape index (κ2) is 23.4. The topological polar surface area (TPSA) is 159 Å². The molecule has 12 nitrogen and oxygen atoms in total. The van der Waals surface area contributed by atoms with Crippen LogP contribution in [-0.2, 0) is 24.9 Å². The predicted octanol–water partition coefficient (Wildman–Crippen LogP) is 6.94. The van der Waals surface area contributed by atoms with E-state index in [4.69, 9.17) is 34.3 Å². The molecule has 260 valence electrons. The number of rotatable bonds is 27. The number of aromatic nitrogens is 4. The Kier molecular flexibility index (Phi) is 19.2. The molecule has 3 atom stereocenters. The highest BCUT2D eigenvalue weighted by Crippen LogP contribution is 2.33. The lowest BCUT2D eigenvalue weighted by Crippen LogP contribution is -2.29. The predicted molar refractivity (Wildman–Crippen MR) is 183 cm³/mol. The average molecular weight is 673 g/mol. The van der Waals surface area contributed by atoms with Gasteiger partial charge in [0.1, 0.15) is 24.0 Å². The molecule has 0 aliphatic rings. The monoisotopic (exact) mass is 672 g/mol. The average Bonchev–Trinajstić information content (AvgIpc) is 3.51. The van der Waals surface area contributed by atoms with Gasteiger partial charge in [-0.2, -0.15) is 10.4 Å². The number of hydrogen-bond donors (Lipinski definition) is 2. The number of pyridine rings is 1. The summed E-state index contributed by atoms with van der Waals surface area (Å²) in [6, 6.07) is 9.16. The van der Waals surface area contributed by atoms with Crippen LogP contribution in [0.2, 0.25) is 0 Å².